The lowest BCUT2D eigenvalue weighted by molar-refractivity contribution is -0.387. The van der Waals surface area contributed by atoms with Gasteiger partial charge in [0, 0.05) is 11.8 Å². The van der Waals surface area contributed by atoms with Gasteiger partial charge in [0.2, 0.25) is 0 Å². The first-order chi connectivity index (χ1) is 24.7. The van der Waals surface area contributed by atoms with Gasteiger partial charge in [0.05, 0.1) is 42.0 Å². The van der Waals surface area contributed by atoms with Crippen molar-refractivity contribution in [2.24, 2.45) is 0 Å². The maximum atomic E-state index is 13.9. The Kier molecular flexibility index (Phi) is 9.43. The number of halogens is 1. The van der Waals surface area contributed by atoms with E-state index in [4.69, 9.17) is 23.8 Å². The lowest BCUT2D eigenvalue weighted by atomic mass is 10.0. The van der Waals surface area contributed by atoms with E-state index >= 15 is 0 Å². The molecule has 1 aliphatic heterocycles. The molecule has 14 heteroatoms. The third kappa shape index (κ3) is 6.87. The largest absolute Gasteiger partial charge is 0.322 e. The summed E-state index contributed by atoms with van der Waals surface area (Å²) in [4.78, 5) is 59.7. The molecule has 0 saturated carbocycles. The lowest BCUT2D eigenvalue weighted by Gasteiger charge is -2.36. The van der Waals surface area contributed by atoms with Crippen LogP contribution in [0.4, 0.5) is 22.7 Å². The lowest BCUT2D eigenvalue weighted by Crippen LogP contribution is -2.56. The van der Waals surface area contributed by atoms with E-state index in [1.54, 1.807) is 115 Å². The summed E-state index contributed by atoms with van der Waals surface area (Å²) in [6.07, 6.45) is 1.34. The minimum Gasteiger partial charge on any atom is -0.322 e. The van der Waals surface area contributed by atoms with Crippen molar-refractivity contribution < 1.29 is 19.3 Å². The van der Waals surface area contributed by atoms with E-state index in [9.17, 15) is 24.5 Å². The van der Waals surface area contributed by atoms with Crippen molar-refractivity contribution in [3.05, 3.63) is 153 Å². The Morgan fingerprint density at radius 2 is 1.49 bits per heavy atom. The van der Waals surface area contributed by atoms with Crippen LogP contribution >= 0.6 is 46.9 Å². The molecule has 3 amide bonds. The summed E-state index contributed by atoms with van der Waals surface area (Å²) in [6.45, 7) is 0. The van der Waals surface area contributed by atoms with Crippen molar-refractivity contribution in [3.8, 4) is 0 Å². The summed E-state index contributed by atoms with van der Waals surface area (Å²) in [5.74, 6) is -1.66. The Morgan fingerprint density at radius 1 is 0.863 bits per heavy atom. The normalized spacial score (nSPS) is 13.1. The number of hydrogen-bond acceptors (Lipinski definition) is 9. The maximum Gasteiger partial charge on any atom is 0.283 e. The molecule has 0 spiro atoms. The molecule has 0 unspecified atom stereocenters. The molecule has 0 atom stereocenters. The fourth-order valence-corrected chi connectivity index (χ4v) is 8.07. The zero-order chi connectivity index (χ0) is 35.6. The van der Waals surface area contributed by atoms with Crippen molar-refractivity contribution in [2.45, 2.75) is 9.24 Å². The predicted octanol–water partition coefficient (Wildman–Crippen LogP) is 9.01. The van der Waals surface area contributed by atoms with Crippen molar-refractivity contribution in [3.63, 3.8) is 0 Å². The van der Waals surface area contributed by atoms with E-state index in [1.807, 2.05) is 0 Å². The number of hydrogen-bond donors (Lipinski definition) is 1. The molecule has 1 fully saturated rings. The smallest absolute Gasteiger partial charge is 0.283 e. The highest BCUT2D eigenvalue weighted by Gasteiger charge is 2.41. The molecule has 250 valence electrons. The van der Waals surface area contributed by atoms with E-state index in [1.165, 1.54) is 33.3 Å². The molecule has 1 saturated heterocycles. The molecule has 5 aromatic carbocycles. The van der Waals surface area contributed by atoms with Crippen molar-refractivity contribution >= 4 is 109 Å². The number of anilines is 3. The molecule has 10 nitrogen and oxygen atoms in total. The van der Waals surface area contributed by atoms with Gasteiger partial charge in [0.15, 0.2) is 9.45 Å². The van der Waals surface area contributed by atoms with Crippen LogP contribution < -0.4 is 15.1 Å². The fourth-order valence-electron chi connectivity index (χ4n) is 5.32. The maximum absolute atomic E-state index is 13.9. The van der Waals surface area contributed by atoms with Gasteiger partial charge in [-0.25, -0.2) is 4.98 Å². The summed E-state index contributed by atoms with van der Waals surface area (Å²) in [5, 5.41) is 15.5. The Bertz CT molecular complexity index is 2360. The van der Waals surface area contributed by atoms with Gasteiger partial charge in [-0.2, -0.15) is 0 Å². The van der Waals surface area contributed by atoms with E-state index < -0.39 is 16.7 Å². The summed E-state index contributed by atoms with van der Waals surface area (Å²) >= 11 is 14.2. The third-order valence-corrected chi connectivity index (χ3v) is 10.6. The van der Waals surface area contributed by atoms with Gasteiger partial charge in [0.25, 0.3) is 23.4 Å². The van der Waals surface area contributed by atoms with Crippen LogP contribution in [-0.4, -0.2) is 32.7 Å². The summed E-state index contributed by atoms with van der Waals surface area (Å²) in [6, 6.07) is 33.9. The van der Waals surface area contributed by atoms with Crippen molar-refractivity contribution in [1.29, 1.82) is 0 Å². The molecule has 1 aliphatic rings. The number of fused-ring (bicyclic) bond motifs is 1. The summed E-state index contributed by atoms with van der Waals surface area (Å²) < 4.78 is 1.30. The van der Waals surface area contributed by atoms with Crippen LogP contribution in [0.5, 0.6) is 0 Å². The minimum absolute atomic E-state index is 0.0109. The van der Waals surface area contributed by atoms with Crippen LogP contribution in [0.15, 0.2) is 136 Å². The van der Waals surface area contributed by atoms with Gasteiger partial charge in [0.1, 0.15) is 5.57 Å². The van der Waals surface area contributed by atoms with Gasteiger partial charge in [-0.1, -0.05) is 78.0 Å². The van der Waals surface area contributed by atoms with E-state index in [-0.39, 0.29) is 27.8 Å². The molecule has 0 aliphatic carbocycles. The molecule has 6 aromatic rings. The number of nitro groups is 1. The number of benzene rings is 5. The van der Waals surface area contributed by atoms with Gasteiger partial charge in [-0.15, -0.1) is 11.3 Å². The van der Waals surface area contributed by atoms with Crippen molar-refractivity contribution in [1.82, 2.24) is 4.98 Å². The quantitative estimate of drug-likeness (QED) is 0.0538. The van der Waals surface area contributed by atoms with E-state index in [0.29, 0.717) is 42.4 Å². The second kappa shape index (κ2) is 14.2. The minimum atomic E-state index is -0.651. The highest BCUT2D eigenvalue weighted by molar-refractivity contribution is 8.01. The molecule has 1 N–H and O–H groups in total. The molecule has 51 heavy (non-hydrogen) atoms. The Balaban J connectivity index is 1.18. The highest BCUT2D eigenvalue weighted by atomic mass is 35.5. The number of para-hydroxylation sites is 2. The average molecular weight is 748 g/mol. The highest BCUT2D eigenvalue weighted by Crippen LogP contribution is 2.40. The molecule has 7 rings (SSSR count). The predicted molar refractivity (Wildman–Crippen MR) is 205 cm³/mol. The second-order valence-corrected chi connectivity index (χ2v) is 14.1. The van der Waals surface area contributed by atoms with Crippen LogP contribution in [0.25, 0.3) is 16.3 Å². The van der Waals surface area contributed by atoms with E-state index in [0.717, 1.165) is 16.5 Å². The standard InChI is InChI=1S/C37H22ClN5O5S3/c38-28-14-8-7-13-26(28)33(44)39-23-16-17-29-32(21-23)51-36(40-29)50-31-18-15-22(20-30(31)43(47)48)19-27-34(45)41(24-9-3-1-4-10-24)37(49)42(35(27)46)25-11-5-2-6-12-25/h1-21H,(H,39,44). The second-order valence-electron chi connectivity index (χ2n) is 11.0. The molecule has 0 radical (unpaired) electrons. The molecule has 2 heterocycles. The number of nitro benzene ring substituents is 1. The third-order valence-electron chi connectivity index (χ3n) is 7.71. The topological polar surface area (TPSA) is 126 Å². The van der Waals surface area contributed by atoms with Gasteiger partial charge in [-0.05, 0) is 84.5 Å². The average Bonchev–Trinajstić information content (AvgIpc) is 3.53. The van der Waals surface area contributed by atoms with Gasteiger partial charge >= 0.3 is 0 Å². The first-order valence-corrected chi connectivity index (χ1v) is 17.6. The molecular weight excluding hydrogens is 726 g/mol. The van der Waals surface area contributed by atoms with Crippen LogP contribution in [0, 0.1) is 10.1 Å². The number of rotatable bonds is 8. The SMILES string of the molecule is O=C(Nc1ccc2nc(Sc3ccc(C=C4C(=O)N(c5ccccc5)C(=S)N(c5ccccc5)C4=O)cc3[N+](=O)[O-])sc2c1)c1ccccc1Cl. The van der Waals surface area contributed by atoms with Gasteiger partial charge < -0.3 is 5.32 Å². The number of nitrogens with zero attached hydrogens (tertiary/aromatic N) is 4. The Morgan fingerprint density at radius 3 is 2.12 bits per heavy atom. The van der Waals surface area contributed by atoms with E-state index in [2.05, 4.69) is 10.3 Å². The zero-order valence-corrected chi connectivity index (χ0v) is 29.3. The summed E-state index contributed by atoms with van der Waals surface area (Å²) in [5.41, 5.74) is 2.31. The van der Waals surface area contributed by atoms with Crippen molar-refractivity contribution in [2.75, 3.05) is 15.1 Å². The van der Waals surface area contributed by atoms with Crippen LogP contribution in [0.2, 0.25) is 5.02 Å². The number of aromatic nitrogens is 1. The number of nitrogens with one attached hydrogen (secondary N) is 1. The summed E-state index contributed by atoms with van der Waals surface area (Å²) in [7, 11) is 0. The molecular formula is C37H22ClN5O5S3. The van der Waals surface area contributed by atoms with Crippen LogP contribution in [-0.2, 0) is 9.59 Å². The van der Waals surface area contributed by atoms with Crippen LogP contribution in [0.3, 0.4) is 0 Å². The molecule has 1 aromatic heterocycles. The zero-order valence-electron chi connectivity index (χ0n) is 26.1. The van der Waals surface area contributed by atoms with Gasteiger partial charge in [-0.3, -0.25) is 34.3 Å². The Hall–Kier alpha value is -5.73. The Labute approximate surface area is 309 Å². The first kappa shape index (κ1) is 33.8. The number of carbonyl (C=O) groups is 3. The fraction of sp³-hybridized carbons (Fsp3) is 0. The molecule has 0 bridgehead atoms. The monoisotopic (exact) mass is 747 g/mol. The number of carbonyl (C=O) groups excluding carboxylic acids is 3. The number of thiocarbonyl (C=S) groups is 1. The first-order valence-electron chi connectivity index (χ1n) is 15.2. The number of amides is 3. The van der Waals surface area contributed by atoms with Crippen LogP contribution in [0.1, 0.15) is 15.9 Å². The number of thiazole rings is 1.